The van der Waals surface area contributed by atoms with Crippen molar-refractivity contribution in [3.05, 3.63) is 23.2 Å². The molecule has 0 spiro atoms. The highest BCUT2D eigenvalue weighted by molar-refractivity contribution is 5.95. The second-order valence-electron chi connectivity index (χ2n) is 7.88. The molecule has 7 heteroatoms. The molecule has 7 nitrogen and oxygen atoms in total. The van der Waals surface area contributed by atoms with Gasteiger partial charge in [0, 0.05) is 39.1 Å². The van der Waals surface area contributed by atoms with Crippen molar-refractivity contribution in [1.82, 2.24) is 15.1 Å². The number of carbonyl (C=O) groups is 2. The molecule has 0 bridgehead atoms. The Morgan fingerprint density at radius 1 is 1.25 bits per heavy atom. The van der Waals surface area contributed by atoms with E-state index in [1.165, 1.54) is 0 Å². The number of hydrogen-bond donors (Lipinski definition) is 1. The molecule has 2 rings (SSSR count). The van der Waals surface area contributed by atoms with Crippen molar-refractivity contribution in [2.45, 2.75) is 40.5 Å². The van der Waals surface area contributed by atoms with E-state index in [4.69, 9.17) is 9.15 Å². The Kier molecular flexibility index (Phi) is 8.99. The maximum Gasteiger partial charge on any atom is 0.257 e. The number of carbonyl (C=O) groups excluding carboxylic acids is 2. The molecule has 0 aromatic carbocycles. The summed E-state index contributed by atoms with van der Waals surface area (Å²) < 4.78 is 10.8. The van der Waals surface area contributed by atoms with Crippen LogP contribution in [0.5, 0.6) is 0 Å². The van der Waals surface area contributed by atoms with Crippen molar-refractivity contribution in [3.8, 4) is 0 Å². The van der Waals surface area contributed by atoms with Crippen molar-refractivity contribution in [3.63, 3.8) is 0 Å². The summed E-state index contributed by atoms with van der Waals surface area (Å²) in [4.78, 5) is 29.2. The third-order valence-corrected chi connectivity index (χ3v) is 4.83. The first kappa shape index (κ1) is 22.4. The molecule has 1 aliphatic heterocycles. The van der Waals surface area contributed by atoms with Gasteiger partial charge < -0.3 is 19.4 Å². The number of rotatable bonds is 10. The Hall–Kier alpha value is -1.86. The predicted molar refractivity (Wildman–Crippen MR) is 108 cm³/mol. The number of ether oxygens (including phenoxy) is 1. The highest BCUT2D eigenvalue weighted by Gasteiger charge is 2.22. The van der Waals surface area contributed by atoms with E-state index in [9.17, 15) is 9.59 Å². The first-order valence-corrected chi connectivity index (χ1v) is 10.3. The molecule has 1 fully saturated rings. The van der Waals surface area contributed by atoms with Gasteiger partial charge in [0.15, 0.2) is 0 Å². The molecule has 0 aliphatic carbocycles. The molecule has 0 atom stereocenters. The fourth-order valence-electron chi connectivity index (χ4n) is 3.41. The fraction of sp³-hybridized carbons (Fsp3) is 0.714. The average molecular weight is 394 g/mol. The van der Waals surface area contributed by atoms with Crippen LogP contribution in [0.2, 0.25) is 0 Å². The van der Waals surface area contributed by atoms with Gasteiger partial charge in [0.2, 0.25) is 5.91 Å². The van der Waals surface area contributed by atoms with Gasteiger partial charge in [-0.25, -0.2) is 0 Å². The smallest absolute Gasteiger partial charge is 0.257 e. The van der Waals surface area contributed by atoms with E-state index >= 15 is 0 Å². The third kappa shape index (κ3) is 7.28. The van der Waals surface area contributed by atoms with Crippen molar-refractivity contribution in [2.24, 2.45) is 5.92 Å². The number of nitrogens with one attached hydrogen (secondary N) is 1. The number of morpholine rings is 1. The monoisotopic (exact) mass is 393 g/mol. The standard InChI is InChI=1S/C21H35N3O4/c1-16(2)15-24(21(26)19-14-17(3)28-18(19)4)9-6-20(25)22-7-5-8-23-10-12-27-13-11-23/h14,16H,5-13,15H2,1-4H3,(H,22,25). The minimum absolute atomic E-state index is 0.0105. The van der Waals surface area contributed by atoms with Gasteiger partial charge in [-0.15, -0.1) is 0 Å². The molecule has 1 aromatic rings. The number of hydrogen-bond acceptors (Lipinski definition) is 5. The Morgan fingerprint density at radius 2 is 1.96 bits per heavy atom. The molecule has 1 aromatic heterocycles. The summed E-state index contributed by atoms with van der Waals surface area (Å²) in [6.45, 7) is 14.0. The van der Waals surface area contributed by atoms with Crippen molar-refractivity contribution >= 4 is 11.8 Å². The highest BCUT2D eigenvalue weighted by Crippen LogP contribution is 2.17. The van der Waals surface area contributed by atoms with E-state index in [1.807, 2.05) is 6.92 Å². The molecular formula is C21H35N3O4. The van der Waals surface area contributed by atoms with Gasteiger partial charge in [0.05, 0.1) is 18.8 Å². The van der Waals surface area contributed by atoms with Gasteiger partial charge in [-0.05, 0) is 38.8 Å². The summed E-state index contributed by atoms with van der Waals surface area (Å²) in [7, 11) is 0. The van der Waals surface area contributed by atoms with Gasteiger partial charge in [0.25, 0.3) is 5.91 Å². The summed E-state index contributed by atoms with van der Waals surface area (Å²) in [5.41, 5.74) is 0.587. The van der Waals surface area contributed by atoms with Crippen LogP contribution in [0.25, 0.3) is 0 Å². The topological polar surface area (TPSA) is 75.0 Å². The van der Waals surface area contributed by atoms with Crippen LogP contribution in [0.15, 0.2) is 10.5 Å². The van der Waals surface area contributed by atoms with Crippen LogP contribution in [-0.2, 0) is 9.53 Å². The van der Waals surface area contributed by atoms with Crippen molar-refractivity contribution in [2.75, 3.05) is 52.5 Å². The molecule has 1 N–H and O–H groups in total. The lowest BCUT2D eigenvalue weighted by atomic mass is 10.1. The highest BCUT2D eigenvalue weighted by atomic mass is 16.5. The molecule has 1 aliphatic rings. The number of furan rings is 1. The number of nitrogens with zero attached hydrogens (tertiary/aromatic N) is 2. The minimum atomic E-state index is -0.0665. The summed E-state index contributed by atoms with van der Waals surface area (Å²) >= 11 is 0. The Balaban J connectivity index is 1.76. The molecule has 158 valence electrons. The molecule has 28 heavy (non-hydrogen) atoms. The molecule has 2 amide bonds. The summed E-state index contributed by atoms with van der Waals surface area (Å²) in [5.74, 6) is 1.60. The number of aryl methyl sites for hydroxylation is 2. The van der Waals surface area contributed by atoms with Gasteiger partial charge in [-0.3, -0.25) is 14.5 Å². The molecular weight excluding hydrogens is 358 g/mol. The lowest BCUT2D eigenvalue weighted by Gasteiger charge is -2.26. The maximum atomic E-state index is 12.9. The molecule has 0 radical (unpaired) electrons. The zero-order valence-corrected chi connectivity index (χ0v) is 17.8. The van der Waals surface area contributed by atoms with E-state index in [-0.39, 0.29) is 11.8 Å². The Labute approximate surface area is 168 Å². The van der Waals surface area contributed by atoms with E-state index in [1.54, 1.807) is 17.9 Å². The first-order valence-electron chi connectivity index (χ1n) is 10.3. The second kappa shape index (κ2) is 11.2. The third-order valence-electron chi connectivity index (χ3n) is 4.83. The van der Waals surface area contributed by atoms with Crippen LogP contribution in [0, 0.1) is 19.8 Å². The van der Waals surface area contributed by atoms with Crippen LogP contribution < -0.4 is 5.32 Å². The lowest BCUT2D eigenvalue weighted by Crippen LogP contribution is -2.39. The van der Waals surface area contributed by atoms with Crippen molar-refractivity contribution < 1.29 is 18.7 Å². The van der Waals surface area contributed by atoms with Crippen LogP contribution in [0.1, 0.15) is 48.6 Å². The van der Waals surface area contributed by atoms with Crippen LogP contribution in [0.3, 0.4) is 0 Å². The van der Waals surface area contributed by atoms with E-state index in [0.717, 1.165) is 45.0 Å². The molecule has 1 saturated heterocycles. The second-order valence-corrected chi connectivity index (χ2v) is 7.88. The van der Waals surface area contributed by atoms with Crippen LogP contribution in [-0.4, -0.2) is 74.1 Å². The minimum Gasteiger partial charge on any atom is -0.466 e. The van der Waals surface area contributed by atoms with Crippen LogP contribution >= 0.6 is 0 Å². The van der Waals surface area contributed by atoms with Gasteiger partial charge in [0.1, 0.15) is 11.5 Å². The van der Waals surface area contributed by atoms with Gasteiger partial charge in [-0.2, -0.15) is 0 Å². The molecule has 0 saturated carbocycles. The predicted octanol–water partition coefficient (Wildman–Crippen LogP) is 2.22. The molecule has 2 heterocycles. The van der Waals surface area contributed by atoms with Gasteiger partial charge in [-0.1, -0.05) is 13.8 Å². The normalized spacial score (nSPS) is 15.0. The van der Waals surface area contributed by atoms with E-state index in [2.05, 4.69) is 24.1 Å². The SMILES string of the molecule is Cc1cc(C(=O)N(CCC(=O)NCCCN2CCOCC2)CC(C)C)c(C)o1. The van der Waals surface area contributed by atoms with E-state index in [0.29, 0.717) is 43.3 Å². The van der Waals surface area contributed by atoms with Gasteiger partial charge >= 0.3 is 0 Å². The largest absolute Gasteiger partial charge is 0.466 e. The molecule has 0 unspecified atom stereocenters. The fourth-order valence-corrected chi connectivity index (χ4v) is 3.41. The maximum absolute atomic E-state index is 12.9. The number of amides is 2. The average Bonchev–Trinajstić information content (AvgIpc) is 3.00. The zero-order chi connectivity index (χ0) is 20.5. The Bertz CT molecular complexity index is 636. The Morgan fingerprint density at radius 3 is 2.57 bits per heavy atom. The summed E-state index contributed by atoms with van der Waals surface area (Å²) in [6, 6.07) is 1.77. The zero-order valence-electron chi connectivity index (χ0n) is 17.8. The van der Waals surface area contributed by atoms with E-state index < -0.39 is 0 Å². The quantitative estimate of drug-likeness (QED) is 0.617. The summed E-state index contributed by atoms with van der Waals surface area (Å²) in [6.07, 6.45) is 1.24. The lowest BCUT2D eigenvalue weighted by molar-refractivity contribution is -0.121. The van der Waals surface area contributed by atoms with Crippen molar-refractivity contribution in [1.29, 1.82) is 0 Å². The summed E-state index contributed by atoms with van der Waals surface area (Å²) in [5, 5.41) is 2.97. The first-order chi connectivity index (χ1) is 13.4. The van der Waals surface area contributed by atoms with Crippen LogP contribution in [0.4, 0.5) is 0 Å².